The highest BCUT2D eigenvalue weighted by Gasteiger charge is 2.22. The number of benzene rings is 1. The van der Waals surface area contributed by atoms with Crippen LogP contribution >= 0.6 is 15.9 Å². The summed E-state index contributed by atoms with van der Waals surface area (Å²) in [7, 11) is 0. The molecule has 0 aliphatic carbocycles. The molecule has 0 amide bonds. The van der Waals surface area contributed by atoms with Crippen LogP contribution in [0.1, 0.15) is 29.4 Å². The standard InChI is InChI=1S/C14H15BrN4O/c1-8-9(2)18-19-14(16-8)17-12-5-6-20-13-4-3-10(15)7-11(12)13/h3-4,7,12H,5-6H2,1-2H3,(H,16,17,19)/t12-/m1/s1. The Bertz CT molecular complexity index is 647. The number of fused-ring (bicyclic) bond motifs is 1. The number of ether oxygens (including phenoxy) is 1. The highest BCUT2D eigenvalue weighted by atomic mass is 79.9. The summed E-state index contributed by atoms with van der Waals surface area (Å²) in [5.74, 6) is 1.47. The molecule has 2 heterocycles. The van der Waals surface area contributed by atoms with Crippen LogP contribution in [0.4, 0.5) is 5.95 Å². The lowest BCUT2D eigenvalue weighted by Gasteiger charge is -2.26. The molecule has 1 aromatic carbocycles. The van der Waals surface area contributed by atoms with Crippen molar-refractivity contribution >= 4 is 21.9 Å². The van der Waals surface area contributed by atoms with Crippen LogP contribution in [0, 0.1) is 13.8 Å². The van der Waals surface area contributed by atoms with Gasteiger partial charge in [0.1, 0.15) is 5.75 Å². The lowest BCUT2D eigenvalue weighted by Crippen LogP contribution is -2.21. The van der Waals surface area contributed by atoms with E-state index in [2.05, 4.69) is 42.5 Å². The number of rotatable bonds is 2. The summed E-state index contributed by atoms with van der Waals surface area (Å²) in [5, 5.41) is 11.6. The molecular formula is C14H15BrN4O. The first-order valence-electron chi connectivity index (χ1n) is 6.50. The summed E-state index contributed by atoms with van der Waals surface area (Å²) in [4.78, 5) is 4.42. The molecule has 1 aliphatic rings. The van der Waals surface area contributed by atoms with E-state index in [0.29, 0.717) is 12.6 Å². The predicted molar refractivity (Wildman–Crippen MR) is 79.9 cm³/mol. The van der Waals surface area contributed by atoms with Crippen molar-refractivity contribution in [3.8, 4) is 5.75 Å². The van der Waals surface area contributed by atoms with E-state index in [1.165, 1.54) is 0 Å². The van der Waals surface area contributed by atoms with Gasteiger partial charge in [-0.1, -0.05) is 15.9 Å². The van der Waals surface area contributed by atoms with Gasteiger partial charge in [0.05, 0.1) is 24.0 Å². The number of aryl methyl sites for hydroxylation is 2. The zero-order chi connectivity index (χ0) is 14.1. The highest BCUT2D eigenvalue weighted by molar-refractivity contribution is 9.10. The largest absolute Gasteiger partial charge is 0.493 e. The fourth-order valence-corrected chi connectivity index (χ4v) is 2.57. The minimum atomic E-state index is 0.139. The van der Waals surface area contributed by atoms with E-state index in [1.54, 1.807) is 0 Å². The zero-order valence-corrected chi connectivity index (χ0v) is 12.9. The van der Waals surface area contributed by atoms with Crippen LogP contribution in [0.2, 0.25) is 0 Å². The number of halogens is 1. The van der Waals surface area contributed by atoms with Crippen molar-refractivity contribution in [3.05, 3.63) is 39.6 Å². The lowest BCUT2D eigenvalue weighted by atomic mass is 10.0. The third kappa shape index (κ3) is 2.60. The molecule has 1 atom stereocenters. The number of aromatic nitrogens is 3. The second kappa shape index (κ2) is 5.36. The quantitative estimate of drug-likeness (QED) is 0.913. The predicted octanol–water partition coefficient (Wildman–Crippen LogP) is 3.19. The van der Waals surface area contributed by atoms with Crippen molar-refractivity contribution in [3.63, 3.8) is 0 Å². The molecule has 0 unspecified atom stereocenters. The number of anilines is 1. The van der Waals surface area contributed by atoms with Gasteiger partial charge in [-0.25, -0.2) is 4.98 Å². The van der Waals surface area contributed by atoms with Crippen LogP contribution in [-0.4, -0.2) is 21.8 Å². The van der Waals surface area contributed by atoms with E-state index in [9.17, 15) is 0 Å². The summed E-state index contributed by atoms with van der Waals surface area (Å²) >= 11 is 3.50. The SMILES string of the molecule is Cc1nnc(N[C@@H]2CCOc3ccc(Br)cc32)nc1C. The number of hydrogen-bond acceptors (Lipinski definition) is 5. The molecule has 1 aliphatic heterocycles. The zero-order valence-electron chi connectivity index (χ0n) is 11.4. The van der Waals surface area contributed by atoms with Crippen LogP contribution in [-0.2, 0) is 0 Å². The average Bonchev–Trinajstić information content (AvgIpc) is 2.44. The summed E-state index contributed by atoms with van der Waals surface area (Å²) in [6, 6.07) is 6.17. The summed E-state index contributed by atoms with van der Waals surface area (Å²) in [5.41, 5.74) is 2.86. The van der Waals surface area contributed by atoms with Gasteiger partial charge in [0.2, 0.25) is 5.95 Å². The van der Waals surface area contributed by atoms with Crippen molar-refractivity contribution < 1.29 is 4.74 Å². The summed E-state index contributed by atoms with van der Waals surface area (Å²) in [6.45, 7) is 4.52. The molecule has 0 spiro atoms. The van der Waals surface area contributed by atoms with Crippen LogP contribution in [0.15, 0.2) is 22.7 Å². The molecular weight excluding hydrogens is 320 g/mol. The molecule has 0 saturated heterocycles. The van der Waals surface area contributed by atoms with Gasteiger partial charge in [0.25, 0.3) is 0 Å². The van der Waals surface area contributed by atoms with Crippen LogP contribution in [0.3, 0.4) is 0 Å². The first-order chi connectivity index (χ1) is 9.63. The van der Waals surface area contributed by atoms with Gasteiger partial charge in [-0.15, -0.1) is 5.10 Å². The Kier molecular flexibility index (Phi) is 3.56. The second-order valence-corrected chi connectivity index (χ2v) is 5.74. The number of nitrogens with zero attached hydrogens (tertiary/aromatic N) is 3. The fraction of sp³-hybridized carbons (Fsp3) is 0.357. The molecule has 6 heteroatoms. The minimum absolute atomic E-state index is 0.139. The first-order valence-corrected chi connectivity index (χ1v) is 7.29. The van der Waals surface area contributed by atoms with Gasteiger partial charge in [0, 0.05) is 16.5 Å². The van der Waals surface area contributed by atoms with Gasteiger partial charge in [-0.2, -0.15) is 5.10 Å². The van der Waals surface area contributed by atoms with E-state index in [4.69, 9.17) is 4.74 Å². The first kappa shape index (κ1) is 13.3. The van der Waals surface area contributed by atoms with Gasteiger partial charge >= 0.3 is 0 Å². The maximum atomic E-state index is 5.67. The number of hydrogen-bond donors (Lipinski definition) is 1. The Morgan fingerprint density at radius 1 is 1.25 bits per heavy atom. The fourth-order valence-electron chi connectivity index (χ4n) is 2.19. The molecule has 5 nitrogen and oxygen atoms in total. The summed E-state index contributed by atoms with van der Waals surface area (Å²) < 4.78 is 6.71. The van der Waals surface area contributed by atoms with Crippen molar-refractivity contribution in [1.29, 1.82) is 0 Å². The monoisotopic (exact) mass is 334 g/mol. The van der Waals surface area contributed by atoms with Crippen molar-refractivity contribution in [1.82, 2.24) is 15.2 Å². The summed E-state index contributed by atoms with van der Waals surface area (Å²) in [6.07, 6.45) is 0.875. The Morgan fingerprint density at radius 3 is 2.90 bits per heavy atom. The van der Waals surface area contributed by atoms with Crippen molar-refractivity contribution in [2.45, 2.75) is 26.3 Å². The maximum absolute atomic E-state index is 5.67. The molecule has 0 saturated carbocycles. The number of nitrogens with one attached hydrogen (secondary N) is 1. The van der Waals surface area contributed by atoms with E-state index < -0.39 is 0 Å². The molecule has 2 aromatic rings. The third-order valence-corrected chi connectivity index (χ3v) is 3.90. The molecule has 0 bridgehead atoms. The Hall–Kier alpha value is -1.69. The second-order valence-electron chi connectivity index (χ2n) is 4.82. The molecule has 0 radical (unpaired) electrons. The van der Waals surface area contributed by atoms with Crippen LogP contribution in [0.25, 0.3) is 0 Å². The van der Waals surface area contributed by atoms with E-state index >= 15 is 0 Å². The van der Waals surface area contributed by atoms with Gasteiger partial charge in [-0.05, 0) is 32.0 Å². The van der Waals surface area contributed by atoms with E-state index in [1.807, 2.05) is 26.0 Å². The molecule has 3 rings (SSSR count). The molecule has 1 aromatic heterocycles. The van der Waals surface area contributed by atoms with Crippen molar-refractivity contribution in [2.75, 3.05) is 11.9 Å². The van der Waals surface area contributed by atoms with Crippen LogP contribution < -0.4 is 10.1 Å². The highest BCUT2D eigenvalue weighted by Crippen LogP contribution is 2.35. The maximum Gasteiger partial charge on any atom is 0.243 e. The average molecular weight is 335 g/mol. The Labute approximate surface area is 125 Å². The Balaban J connectivity index is 1.89. The smallest absolute Gasteiger partial charge is 0.243 e. The normalized spacial score (nSPS) is 17.2. The van der Waals surface area contributed by atoms with Gasteiger partial charge < -0.3 is 10.1 Å². The van der Waals surface area contributed by atoms with Gasteiger partial charge in [-0.3, -0.25) is 0 Å². The van der Waals surface area contributed by atoms with Crippen molar-refractivity contribution in [2.24, 2.45) is 0 Å². The Morgan fingerprint density at radius 2 is 2.10 bits per heavy atom. The molecule has 1 N–H and O–H groups in total. The van der Waals surface area contributed by atoms with Crippen LogP contribution in [0.5, 0.6) is 5.75 Å². The minimum Gasteiger partial charge on any atom is -0.493 e. The molecule has 20 heavy (non-hydrogen) atoms. The topological polar surface area (TPSA) is 59.9 Å². The lowest BCUT2D eigenvalue weighted by molar-refractivity contribution is 0.274. The molecule has 104 valence electrons. The van der Waals surface area contributed by atoms with Gasteiger partial charge in [0.15, 0.2) is 0 Å². The molecule has 0 fully saturated rings. The van der Waals surface area contributed by atoms with E-state index in [0.717, 1.165) is 33.6 Å². The van der Waals surface area contributed by atoms with E-state index in [-0.39, 0.29) is 6.04 Å². The third-order valence-electron chi connectivity index (χ3n) is 3.41.